The molecule has 2 fully saturated rings. The van der Waals surface area contributed by atoms with E-state index in [4.69, 9.17) is 23.7 Å². The third kappa shape index (κ3) is 4.48. The van der Waals surface area contributed by atoms with Gasteiger partial charge in [-0.2, -0.15) is 0 Å². The fourth-order valence-electron chi connectivity index (χ4n) is 6.66. The summed E-state index contributed by atoms with van der Waals surface area (Å²) >= 11 is 0. The highest BCUT2D eigenvalue weighted by atomic mass is 16.7. The Kier molecular flexibility index (Phi) is 7.27. The van der Waals surface area contributed by atoms with Gasteiger partial charge in [0.1, 0.15) is 24.4 Å². The fraction of sp³-hybridized carbons (Fsp3) is 0.714. The van der Waals surface area contributed by atoms with E-state index >= 15 is 0 Å². The van der Waals surface area contributed by atoms with Crippen LogP contribution in [0.15, 0.2) is 23.8 Å². The lowest BCUT2D eigenvalue weighted by molar-refractivity contribution is -0.215. The van der Waals surface area contributed by atoms with Gasteiger partial charge in [-0.1, -0.05) is 26.0 Å². The lowest BCUT2D eigenvalue weighted by Crippen LogP contribution is -2.67. The van der Waals surface area contributed by atoms with Crippen LogP contribution in [-0.4, -0.2) is 81.4 Å². The number of aliphatic hydroxyl groups is 2. The maximum Gasteiger partial charge on any atom is 0.342 e. The molecule has 0 radical (unpaired) electrons. The third-order valence-electron chi connectivity index (χ3n) is 8.76. The summed E-state index contributed by atoms with van der Waals surface area (Å²) in [5.41, 5.74) is -5.84. The Hall–Kier alpha value is -2.76. The van der Waals surface area contributed by atoms with Crippen LogP contribution in [-0.2, 0) is 42.9 Å². The molecule has 4 rings (SSSR count). The van der Waals surface area contributed by atoms with E-state index in [1.165, 1.54) is 33.8 Å². The highest BCUT2D eigenvalue weighted by Crippen LogP contribution is 2.65. The van der Waals surface area contributed by atoms with Crippen LogP contribution < -0.4 is 0 Å². The standard InChI is InChI=1S/C28H38O11/c1-8-9-21(32)37-17-13-19(35-15(3)29)25(5)11-10-18(31)26(6,34)22(25)23(36-16(4)30)28-20(12-14(17)2)38-24(33)27(28,7)39-28/h10-12,17-20,22-23,31,34H,8-9,13H2,1-7H3/b14-12-/t17-,18-,19+,20+,22-,23+,25-,26+,27-,28+/m1/s1. The summed E-state index contributed by atoms with van der Waals surface area (Å²) in [5, 5.41) is 22.8. The minimum atomic E-state index is -1.95. The zero-order valence-corrected chi connectivity index (χ0v) is 23.4. The van der Waals surface area contributed by atoms with Crippen LogP contribution in [0.1, 0.15) is 67.7 Å². The molecule has 11 nitrogen and oxygen atoms in total. The molecule has 0 saturated carbocycles. The van der Waals surface area contributed by atoms with Crippen LogP contribution in [0.4, 0.5) is 0 Å². The van der Waals surface area contributed by atoms with Gasteiger partial charge in [0.15, 0.2) is 17.3 Å². The SMILES string of the molecule is CCCC(=O)O[C@@H]1C[C@H](OC(C)=O)[C@@]2(C)C=C[C@@H](O)[C@](C)(O)[C@@H]2[C@H](OC(C)=O)[C@]23O[C@]2(C)C(=O)O[C@H]3/C=C\1C. The maximum absolute atomic E-state index is 13.1. The van der Waals surface area contributed by atoms with Crippen LogP contribution in [0.5, 0.6) is 0 Å². The molecule has 10 atom stereocenters. The summed E-state index contributed by atoms with van der Waals surface area (Å²) in [5.74, 6) is -3.64. The molecule has 2 heterocycles. The monoisotopic (exact) mass is 550 g/mol. The number of hydrogen-bond acceptors (Lipinski definition) is 11. The summed E-state index contributed by atoms with van der Waals surface area (Å²) in [6.45, 7) is 10.6. The molecule has 0 unspecified atom stereocenters. The largest absolute Gasteiger partial charge is 0.461 e. The number of fused-ring (bicyclic) bond motifs is 1. The minimum absolute atomic E-state index is 0.0144. The normalized spacial score (nSPS) is 45.9. The van der Waals surface area contributed by atoms with Crippen molar-refractivity contribution in [3.8, 4) is 0 Å². The highest BCUT2D eigenvalue weighted by molar-refractivity contribution is 5.89. The van der Waals surface area contributed by atoms with Gasteiger partial charge < -0.3 is 33.9 Å². The van der Waals surface area contributed by atoms with Crippen LogP contribution in [0, 0.1) is 11.3 Å². The molecule has 2 aliphatic heterocycles. The van der Waals surface area contributed by atoms with Crippen LogP contribution in [0.3, 0.4) is 0 Å². The van der Waals surface area contributed by atoms with Crippen LogP contribution in [0.2, 0.25) is 0 Å². The van der Waals surface area contributed by atoms with Crippen molar-refractivity contribution >= 4 is 23.9 Å². The van der Waals surface area contributed by atoms with Crippen molar-refractivity contribution in [1.29, 1.82) is 0 Å². The molecule has 4 aliphatic rings. The zero-order chi connectivity index (χ0) is 29.1. The Morgan fingerprint density at radius 1 is 1.10 bits per heavy atom. The number of aliphatic hydroxyl groups excluding tert-OH is 1. The van der Waals surface area contributed by atoms with Gasteiger partial charge in [-0.25, -0.2) is 4.79 Å². The van der Waals surface area contributed by atoms with Gasteiger partial charge >= 0.3 is 23.9 Å². The number of hydrogen-bond donors (Lipinski definition) is 2. The molecule has 0 aromatic rings. The van der Waals surface area contributed by atoms with E-state index in [1.54, 1.807) is 26.0 Å². The Morgan fingerprint density at radius 3 is 2.31 bits per heavy atom. The topological polar surface area (TPSA) is 158 Å². The molecule has 216 valence electrons. The predicted molar refractivity (Wildman–Crippen MR) is 134 cm³/mol. The Balaban J connectivity index is 2.00. The van der Waals surface area contributed by atoms with Crippen molar-refractivity contribution < 1.29 is 53.1 Å². The maximum atomic E-state index is 13.1. The smallest absolute Gasteiger partial charge is 0.342 e. The average molecular weight is 551 g/mol. The van der Waals surface area contributed by atoms with Crippen molar-refractivity contribution in [2.75, 3.05) is 0 Å². The first-order valence-corrected chi connectivity index (χ1v) is 13.3. The Bertz CT molecular complexity index is 1120. The lowest BCUT2D eigenvalue weighted by Gasteiger charge is -2.54. The number of carbonyl (C=O) groups excluding carboxylic acids is 4. The van der Waals surface area contributed by atoms with Gasteiger partial charge in [0.05, 0.1) is 5.60 Å². The predicted octanol–water partition coefficient (Wildman–Crippen LogP) is 1.67. The van der Waals surface area contributed by atoms with E-state index in [9.17, 15) is 29.4 Å². The van der Waals surface area contributed by atoms with Gasteiger partial charge in [0, 0.05) is 38.0 Å². The van der Waals surface area contributed by atoms with Crippen molar-refractivity contribution in [2.45, 2.75) is 115 Å². The second-order valence-corrected chi connectivity index (χ2v) is 11.6. The number of rotatable bonds is 5. The van der Waals surface area contributed by atoms with Gasteiger partial charge in [0.25, 0.3) is 0 Å². The summed E-state index contributed by atoms with van der Waals surface area (Å²) in [6.07, 6.45) is -0.393. The van der Waals surface area contributed by atoms with Gasteiger partial charge in [-0.05, 0) is 38.8 Å². The summed E-state index contributed by atoms with van der Waals surface area (Å²) < 4.78 is 29.3. The molecule has 39 heavy (non-hydrogen) atoms. The first kappa shape index (κ1) is 29.2. The van der Waals surface area contributed by atoms with E-state index in [2.05, 4.69) is 0 Å². The molecule has 2 aliphatic carbocycles. The second kappa shape index (κ2) is 9.71. The van der Waals surface area contributed by atoms with E-state index in [0.717, 1.165) is 0 Å². The van der Waals surface area contributed by atoms with E-state index < -0.39 is 82.5 Å². The number of esters is 4. The van der Waals surface area contributed by atoms with Crippen LogP contribution in [0.25, 0.3) is 0 Å². The van der Waals surface area contributed by atoms with Crippen molar-refractivity contribution in [3.05, 3.63) is 23.8 Å². The number of carbonyl (C=O) groups is 4. The van der Waals surface area contributed by atoms with Crippen molar-refractivity contribution in [2.24, 2.45) is 11.3 Å². The highest BCUT2D eigenvalue weighted by Gasteiger charge is 2.87. The number of epoxide rings is 1. The fourth-order valence-corrected chi connectivity index (χ4v) is 6.66. The van der Waals surface area contributed by atoms with Gasteiger partial charge in [0.2, 0.25) is 0 Å². The summed E-state index contributed by atoms with van der Waals surface area (Å²) in [4.78, 5) is 50.5. The molecule has 0 aromatic carbocycles. The molecule has 2 saturated heterocycles. The molecule has 11 heteroatoms. The molecular weight excluding hydrogens is 512 g/mol. The number of ether oxygens (including phenoxy) is 5. The van der Waals surface area contributed by atoms with Crippen molar-refractivity contribution in [1.82, 2.24) is 0 Å². The summed E-state index contributed by atoms with van der Waals surface area (Å²) in [7, 11) is 0. The first-order valence-electron chi connectivity index (χ1n) is 13.3. The first-order chi connectivity index (χ1) is 18.0. The summed E-state index contributed by atoms with van der Waals surface area (Å²) in [6, 6.07) is 0. The average Bonchev–Trinajstić information content (AvgIpc) is 3.40. The molecular formula is C28H38O11. The Labute approximate surface area is 227 Å². The lowest BCUT2D eigenvalue weighted by atomic mass is 9.55. The Morgan fingerprint density at radius 2 is 1.74 bits per heavy atom. The minimum Gasteiger partial charge on any atom is -0.461 e. The van der Waals surface area contributed by atoms with Crippen LogP contribution >= 0.6 is 0 Å². The molecule has 2 N–H and O–H groups in total. The van der Waals surface area contributed by atoms with Crippen molar-refractivity contribution in [3.63, 3.8) is 0 Å². The van der Waals surface area contributed by atoms with E-state index in [-0.39, 0.29) is 12.8 Å². The molecule has 0 aromatic heterocycles. The molecule has 1 spiro atoms. The van der Waals surface area contributed by atoms with Gasteiger partial charge in [-0.15, -0.1) is 0 Å². The third-order valence-corrected chi connectivity index (χ3v) is 8.76. The van der Waals surface area contributed by atoms with E-state index in [1.807, 2.05) is 6.92 Å². The van der Waals surface area contributed by atoms with Gasteiger partial charge in [-0.3, -0.25) is 14.4 Å². The van der Waals surface area contributed by atoms with E-state index in [0.29, 0.717) is 12.0 Å². The molecule has 0 amide bonds. The quantitative estimate of drug-likeness (QED) is 0.222. The molecule has 0 bridgehead atoms. The zero-order valence-electron chi connectivity index (χ0n) is 23.4. The second-order valence-electron chi connectivity index (χ2n) is 11.6.